The van der Waals surface area contributed by atoms with Gasteiger partial charge in [-0.2, -0.15) is 0 Å². The van der Waals surface area contributed by atoms with Gasteiger partial charge in [-0.1, -0.05) is 18.2 Å². The summed E-state index contributed by atoms with van der Waals surface area (Å²) in [7, 11) is -3.60. The van der Waals surface area contributed by atoms with Crippen LogP contribution in [0.1, 0.15) is 26.2 Å². The lowest BCUT2D eigenvalue weighted by Crippen LogP contribution is -2.59. The first-order chi connectivity index (χ1) is 12.3. The van der Waals surface area contributed by atoms with Crippen LogP contribution in [0.2, 0.25) is 0 Å². The molecule has 2 amide bonds. The largest absolute Gasteiger partial charge is 0.343 e. The molecule has 2 fully saturated rings. The van der Waals surface area contributed by atoms with E-state index in [-0.39, 0.29) is 24.8 Å². The average molecular weight is 379 g/mol. The summed E-state index contributed by atoms with van der Waals surface area (Å²) in [5.41, 5.74) is 0.779. The Labute approximate surface area is 154 Å². The number of rotatable bonds is 4. The highest BCUT2D eigenvalue weighted by atomic mass is 32.2. The third-order valence-corrected chi connectivity index (χ3v) is 7.44. The molecule has 26 heavy (non-hydrogen) atoms. The third-order valence-electron chi connectivity index (χ3n) is 5.43. The highest BCUT2D eigenvalue weighted by Crippen LogP contribution is 2.30. The van der Waals surface area contributed by atoms with Crippen LogP contribution in [0.3, 0.4) is 0 Å². The second-order valence-corrected chi connectivity index (χ2v) is 9.50. The maximum absolute atomic E-state index is 12.9. The predicted octanol–water partition coefficient (Wildman–Crippen LogP) is 0.463. The van der Waals surface area contributed by atoms with Crippen molar-refractivity contribution in [3.05, 3.63) is 30.3 Å². The molecule has 0 spiro atoms. The maximum Gasteiger partial charge on any atom is 0.249 e. The van der Waals surface area contributed by atoms with Gasteiger partial charge in [0.2, 0.25) is 11.8 Å². The molecular formula is C18H25N3O4S. The minimum atomic E-state index is -3.60. The molecule has 0 aliphatic carbocycles. The molecule has 0 radical (unpaired) electrons. The Balaban J connectivity index is 1.80. The lowest BCUT2D eigenvalue weighted by Gasteiger charge is -2.35. The number of benzene rings is 1. The Morgan fingerprint density at radius 1 is 1.23 bits per heavy atom. The van der Waals surface area contributed by atoms with Crippen molar-refractivity contribution in [2.45, 2.75) is 43.0 Å². The minimum absolute atomic E-state index is 0.0718. The molecule has 3 rings (SSSR count). The number of para-hydroxylation sites is 1. The molecule has 7 nitrogen and oxygen atoms in total. The fraction of sp³-hybridized carbons (Fsp3) is 0.556. The summed E-state index contributed by atoms with van der Waals surface area (Å²) >= 11 is 0. The van der Waals surface area contributed by atoms with Crippen molar-refractivity contribution in [1.82, 2.24) is 10.6 Å². The number of nitrogens with one attached hydrogen (secondary N) is 2. The van der Waals surface area contributed by atoms with Crippen molar-refractivity contribution < 1.29 is 18.0 Å². The summed E-state index contributed by atoms with van der Waals surface area (Å²) in [6, 6.07) is 8.51. The number of carbonyl (C=O) groups is 2. The molecule has 8 heteroatoms. The van der Waals surface area contributed by atoms with E-state index in [1.165, 1.54) is 0 Å². The zero-order chi connectivity index (χ0) is 18.9. The Kier molecular flexibility index (Phi) is 5.07. The predicted molar refractivity (Wildman–Crippen MR) is 99.6 cm³/mol. The number of hydrogen-bond donors (Lipinski definition) is 2. The monoisotopic (exact) mass is 379 g/mol. The van der Waals surface area contributed by atoms with Crippen molar-refractivity contribution in [3.8, 4) is 0 Å². The third kappa shape index (κ3) is 3.23. The molecule has 2 unspecified atom stereocenters. The molecule has 142 valence electrons. The molecule has 1 aromatic rings. The fourth-order valence-electron chi connectivity index (χ4n) is 3.91. The van der Waals surface area contributed by atoms with Crippen molar-refractivity contribution in [3.63, 3.8) is 0 Å². The Morgan fingerprint density at radius 3 is 2.42 bits per heavy atom. The van der Waals surface area contributed by atoms with Gasteiger partial charge in [0.1, 0.15) is 6.04 Å². The van der Waals surface area contributed by atoms with E-state index in [1.807, 2.05) is 37.3 Å². The number of amides is 2. The van der Waals surface area contributed by atoms with Gasteiger partial charge in [-0.3, -0.25) is 9.59 Å². The first kappa shape index (κ1) is 18.8. The zero-order valence-corrected chi connectivity index (χ0v) is 15.9. The molecule has 2 N–H and O–H groups in total. The number of carbonyl (C=O) groups excluding carboxylic acids is 2. The van der Waals surface area contributed by atoms with Crippen LogP contribution in [-0.4, -0.2) is 56.4 Å². The van der Waals surface area contributed by atoms with E-state index in [0.29, 0.717) is 19.5 Å². The van der Waals surface area contributed by atoms with Gasteiger partial charge in [0.15, 0.2) is 14.6 Å². The molecule has 0 saturated carbocycles. The number of nitrogens with zero attached hydrogens (tertiary/aromatic N) is 1. The van der Waals surface area contributed by atoms with Crippen LogP contribution < -0.4 is 15.5 Å². The van der Waals surface area contributed by atoms with Crippen LogP contribution in [-0.2, 0) is 19.4 Å². The van der Waals surface area contributed by atoms with Crippen LogP contribution in [0.5, 0.6) is 0 Å². The summed E-state index contributed by atoms with van der Waals surface area (Å²) in [4.78, 5) is 27.4. The lowest BCUT2D eigenvalue weighted by atomic mass is 9.95. The maximum atomic E-state index is 12.9. The van der Waals surface area contributed by atoms with Crippen LogP contribution in [0.25, 0.3) is 0 Å². The minimum Gasteiger partial charge on any atom is -0.343 e. The topological polar surface area (TPSA) is 95.6 Å². The Bertz CT molecular complexity index is 788. The van der Waals surface area contributed by atoms with E-state index in [2.05, 4.69) is 10.6 Å². The molecule has 2 aliphatic rings. The molecule has 0 bridgehead atoms. The number of piperidine rings is 1. The molecular weight excluding hydrogens is 354 g/mol. The van der Waals surface area contributed by atoms with E-state index in [4.69, 9.17) is 0 Å². The number of hydrogen-bond acceptors (Lipinski definition) is 5. The van der Waals surface area contributed by atoms with E-state index < -0.39 is 26.5 Å². The standard InChI is InChI=1S/C18H25N3O4S/c1-13-12-15(16(22)21(13)14-6-4-3-5-7-14)20-17(23)18(26(2,24)25)8-10-19-11-9-18/h3-7,13,15,19H,8-12H2,1-2H3,(H,20,23). The molecule has 2 heterocycles. The van der Waals surface area contributed by atoms with Crippen molar-refractivity contribution in [2.75, 3.05) is 24.2 Å². The molecule has 2 saturated heterocycles. The van der Waals surface area contributed by atoms with Crippen molar-refractivity contribution >= 4 is 27.3 Å². The smallest absolute Gasteiger partial charge is 0.249 e. The molecule has 0 aromatic heterocycles. The van der Waals surface area contributed by atoms with Gasteiger partial charge < -0.3 is 15.5 Å². The van der Waals surface area contributed by atoms with Gasteiger partial charge in [0.25, 0.3) is 0 Å². The summed E-state index contributed by atoms with van der Waals surface area (Å²) in [6.45, 7) is 2.85. The highest BCUT2D eigenvalue weighted by Gasteiger charge is 2.50. The average Bonchev–Trinajstić information content (AvgIpc) is 2.89. The van der Waals surface area contributed by atoms with Gasteiger partial charge in [0.05, 0.1) is 0 Å². The Morgan fingerprint density at radius 2 is 1.85 bits per heavy atom. The van der Waals surface area contributed by atoms with Crippen molar-refractivity contribution in [1.29, 1.82) is 0 Å². The molecule has 1 aromatic carbocycles. The van der Waals surface area contributed by atoms with Crippen molar-refractivity contribution in [2.24, 2.45) is 0 Å². The normalized spacial score (nSPS) is 25.9. The fourth-order valence-corrected chi connectivity index (χ4v) is 5.25. The number of sulfone groups is 1. The van der Waals surface area contributed by atoms with E-state index in [9.17, 15) is 18.0 Å². The summed E-state index contributed by atoms with van der Waals surface area (Å²) in [5, 5.41) is 5.82. The Hall–Kier alpha value is -1.93. The summed E-state index contributed by atoms with van der Waals surface area (Å²) in [6.07, 6.45) is 2.00. The molecule has 2 atom stereocenters. The van der Waals surface area contributed by atoms with E-state index >= 15 is 0 Å². The van der Waals surface area contributed by atoms with Crippen LogP contribution >= 0.6 is 0 Å². The van der Waals surface area contributed by atoms with E-state index in [0.717, 1.165) is 11.9 Å². The van der Waals surface area contributed by atoms with Crippen LogP contribution in [0, 0.1) is 0 Å². The number of anilines is 1. The van der Waals surface area contributed by atoms with Crippen LogP contribution in [0.4, 0.5) is 5.69 Å². The van der Waals surface area contributed by atoms with Gasteiger partial charge in [-0.15, -0.1) is 0 Å². The summed E-state index contributed by atoms with van der Waals surface area (Å²) in [5.74, 6) is -0.753. The van der Waals surface area contributed by atoms with Gasteiger partial charge in [-0.25, -0.2) is 8.42 Å². The quantitative estimate of drug-likeness (QED) is 0.793. The van der Waals surface area contributed by atoms with E-state index in [1.54, 1.807) is 4.90 Å². The van der Waals surface area contributed by atoms with Gasteiger partial charge >= 0.3 is 0 Å². The van der Waals surface area contributed by atoms with Gasteiger partial charge in [-0.05, 0) is 51.4 Å². The first-order valence-electron chi connectivity index (χ1n) is 8.86. The van der Waals surface area contributed by atoms with Gasteiger partial charge in [0, 0.05) is 18.0 Å². The zero-order valence-electron chi connectivity index (χ0n) is 15.1. The second-order valence-electron chi connectivity index (χ2n) is 7.17. The summed E-state index contributed by atoms with van der Waals surface area (Å²) < 4.78 is 23.3. The first-order valence-corrected chi connectivity index (χ1v) is 10.7. The highest BCUT2D eigenvalue weighted by molar-refractivity contribution is 7.92. The molecule has 2 aliphatic heterocycles. The SMILES string of the molecule is CC1CC(NC(=O)C2(S(C)(=O)=O)CCNCC2)C(=O)N1c1ccccc1. The van der Waals surface area contributed by atoms with Crippen LogP contribution in [0.15, 0.2) is 30.3 Å². The second kappa shape index (κ2) is 7.00. The lowest BCUT2D eigenvalue weighted by molar-refractivity contribution is -0.128.